The summed E-state index contributed by atoms with van der Waals surface area (Å²) in [6, 6.07) is 11.5. The third kappa shape index (κ3) is 5.73. The summed E-state index contributed by atoms with van der Waals surface area (Å²) in [4.78, 5) is 42.8. The van der Waals surface area contributed by atoms with Crippen molar-refractivity contribution in [1.82, 2.24) is 4.57 Å². The molecule has 0 fully saturated rings. The van der Waals surface area contributed by atoms with Gasteiger partial charge in [-0.3, -0.25) is 9.36 Å². The van der Waals surface area contributed by atoms with E-state index in [1.807, 2.05) is 6.07 Å². The van der Waals surface area contributed by atoms with E-state index in [1.54, 1.807) is 70.4 Å². The first kappa shape index (κ1) is 27.3. The number of benzene rings is 2. The summed E-state index contributed by atoms with van der Waals surface area (Å²) in [6.07, 6.45) is 1.36. The van der Waals surface area contributed by atoms with Crippen LogP contribution in [0, 0.1) is 0 Å². The predicted octanol–water partition coefficient (Wildman–Crippen LogP) is 3.42. The normalized spacial score (nSPS) is 15.2. The van der Waals surface area contributed by atoms with Crippen molar-refractivity contribution >= 4 is 45.3 Å². The smallest absolute Gasteiger partial charge is 0.341 e. The number of carboxylic acids is 1. The first-order chi connectivity index (χ1) is 18.1. The van der Waals surface area contributed by atoms with Crippen molar-refractivity contribution < 1.29 is 28.9 Å². The average Bonchev–Trinajstić information content (AvgIpc) is 3.16. The molecule has 2 aromatic carbocycles. The second-order valence-electron chi connectivity index (χ2n) is 8.68. The number of methoxy groups -OCH3 is 1. The summed E-state index contributed by atoms with van der Waals surface area (Å²) in [5.74, 6) is -0.664. The molecule has 1 aliphatic rings. The fourth-order valence-corrected chi connectivity index (χ4v) is 5.56. The van der Waals surface area contributed by atoms with Gasteiger partial charge in [0.05, 0.1) is 39.5 Å². The Morgan fingerprint density at radius 2 is 2.00 bits per heavy atom. The Hall–Kier alpha value is -3.70. The highest BCUT2D eigenvalue weighted by Crippen LogP contribution is 2.32. The van der Waals surface area contributed by atoms with Crippen LogP contribution in [-0.2, 0) is 14.3 Å². The second-order valence-corrected chi connectivity index (χ2v) is 10.5. The highest BCUT2D eigenvalue weighted by Gasteiger charge is 2.34. The minimum atomic E-state index is -1.08. The van der Waals surface area contributed by atoms with E-state index in [9.17, 15) is 14.4 Å². The largest absolute Gasteiger partial charge is 0.497 e. The van der Waals surface area contributed by atoms with Crippen molar-refractivity contribution in [3.8, 4) is 11.5 Å². The Kier molecular flexibility index (Phi) is 8.17. The number of carbonyl (C=O) groups is 2. The molecule has 0 saturated carbocycles. The minimum Gasteiger partial charge on any atom is -0.497 e. The summed E-state index contributed by atoms with van der Waals surface area (Å²) in [6.45, 7) is 4.79. The van der Waals surface area contributed by atoms with E-state index in [0.29, 0.717) is 42.1 Å². The molecule has 2 heterocycles. The number of fused-ring (bicyclic) bond motifs is 1. The molecule has 0 unspecified atom stereocenters. The molecule has 11 heteroatoms. The number of carbonyl (C=O) groups excluding carboxylic acids is 1. The van der Waals surface area contributed by atoms with E-state index in [4.69, 9.17) is 19.3 Å². The predicted molar refractivity (Wildman–Crippen MR) is 145 cm³/mol. The molecule has 4 rings (SSSR count). The van der Waals surface area contributed by atoms with Gasteiger partial charge in [-0.05, 0) is 78.2 Å². The molecule has 1 N–H and O–H groups in total. The van der Waals surface area contributed by atoms with Gasteiger partial charge in [0.25, 0.3) is 5.56 Å². The zero-order valence-corrected chi connectivity index (χ0v) is 23.5. The van der Waals surface area contributed by atoms with E-state index in [-0.39, 0.29) is 17.2 Å². The van der Waals surface area contributed by atoms with E-state index in [1.165, 1.54) is 15.9 Å². The van der Waals surface area contributed by atoms with Gasteiger partial charge in [-0.15, -0.1) is 0 Å². The minimum absolute atomic E-state index is 0.286. The summed E-state index contributed by atoms with van der Waals surface area (Å²) in [5, 5.41) is 8.84. The van der Waals surface area contributed by atoms with Gasteiger partial charge in [0, 0.05) is 0 Å². The van der Waals surface area contributed by atoms with Gasteiger partial charge in [0.15, 0.2) is 11.4 Å². The molecule has 0 aliphatic carbocycles. The van der Waals surface area contributed by atoms with Crippen LogP contribution in [0.25, 0.3) is 6.08 Å². The molecule has 198 valence electrons. The van der Waals surface area contributed by atoms with Gasteiger partial charge in [0.2, 0.25) is 0 Å². The lowest BCUT2D eigenvalue weighted by atomic mass is 9.95. The highest BCUT2D eigenvalue weighted by molar-refractivity contribution is 9.10. The average molecular weight is 601 g/mol. The van der Waals surface area contributed by atoms with Crippen LogP contribution in [0.3, 0.4) is 0 Å². The van der Waals surface area contributed by atoms with Crippen LogP contribution in [0.5, 0.6) is 11.5 Å². The number of allylic oxidation sites excluding steroid dienone is 1. The maximum Gasteiger partial charge on any atom is 0.341 e. The fourth-order valence-electron chi connectivity index (χ4n) is 4.00. The number of esters is 1. The summed E-state index contributed by atoms with van der Waals surface area (Å²) < 4.78 is 18.6. The third-order valence-corrected chi connectivity index (χ3v) is 7.20. The number of thiazole rings is 1. The third-order valence-electron chi connectivity index (χ3n) is 5.60. The number of carboxylic acid groups (broad SMARTS) is 1. The number of aromatic nitrogens is 1. The Bertz CT molecular complexity index is 1620. The van der Waals surface area contributed by atoms with Crippen LogP contribution in [0.2, 0.25) is 0 Å². The van der Waals surface area contributed by atoms with Crippen molar-refractivity contribution in [3.63, 3.8) is 0 Å². The highest BCUT2D eigenvalue weighted by atomic mass is 79.9. The standard InChI is InChI=1S/C27H25BrN2O7S/c1-14(2)37-26(34)23-15(3)29-27-30(24(23)17-6-5-7-18(12-17)35-4)25(33)21(38-27)11-16-8-9-20(19(28)10-16)36-13-22(31)32/h5-12,14,24H,13H2,1-4H3,(H,31,32)/b21-11-/t24-/m0/s1. The molecule has 1 aliphatic heterocycles. The Morgan fingerprint density at radius 1 is 1.24 bits per heavy atom. The van der Waals surface area contributed by atoms with Crippen LogP contribution in [0.15, 0.2) is 68.0 Å². The number of hydrogen-bond acceptors (Lipinski definition) is 8. The number of nitrogens with zero attached hydrogens (tertiary/aromatic N) is 2. The quantitative estimate of drug-likeness (QED) is 0.394. The molecule has 1 atom stereocenters. The molecular weight excluding hydrogens is 576 g/mol. The zero-order chi connectivity index (χ0) is 27.6. The molecule has 0 spiro atoms. The van der Waals surface area contributed by atoms with Gasteiger partial charge in [-0.25, -0.2) is 14.6 Å². The monoisotopic (exact) mass is 600 g/mol. The number of aliphatic carboxylic acids is 1. The van der Waals surface area contributed by atoms with Gasteiger partial charge >= 0.3 is 11.9 Å². The van der Waals surface area contributed by atoms with E-state index in [0.717, 1.165) is 0 Å². The Labute approximate surface area is 230 Å². The number of hydrogen-bond donors (Lipinski definition) is 1. The van der Waals surface area contributed by atoms with Crippen LogP contribution < -0.4 is 24.4 Å². The molecule has 1 aromatic heterocycles. The molecule has 9 nitrogen and oxygen atoms in total. The molecule has 0 amide bonds. The maximum atomic E-state index is 13.8. The lowest BCUT2D eigenvalue weighted by molar-refractivity contribution is -0.143. The number of rotatable bonds is 8. The van der Waals surface area contributed by atoms with Gasteiger partial charge in [-0.2, -0.15) is 0 Å². The van der Waals surface area contributed by atoms with Crippen LogP contribution >= 0.6 is 27.3 Å². The molecular formula is C27H25BrN2O7S. The van der Waals surface area contributed by atoms with E-state index < -0.39 is 24.6 Å². The van der Waals surface area contributed by atoms with E-state index >= 15 is 0 Å². The molecule has 0 radical (unpaired) electrons. The van der Waals surface area contributed by atoms with Crippen molar-refractivity contribution in [1.29, 1.82) is 0 Å². The Balaban J connectivity index is 1.85. The first-order valence-corrected chi connectivity index (χ1v) is 13.2. The summed E-state index contributed by atoms with van der Waals surface area (Å²) in [7, 11) is 1.55. The van der Waals surface area contributed by atoms with Gasteiger partial charge in [0.1, 0.15) is 11.5 Å². The molecule has 0 saturated heterocycles. The molecule has 3 aromatic rings. The lowest BCUT2D eigenvalue weighted by Gasteiger charge is -2.25. The Morgan fingerprint density at radius 3 is 2.66 bits per heavy atom. The molecule has 0 bridgehead atoms. The van der Waals surface area contributed by atoms with Crippen molar-refractivity contribution in [2.45, 2.75) is 32.9 Å². The first-order valence-electron chi connectivity index (χ1n) is 11.6. The van der Waals surface area contributed by atoms with Gasteiger partial charge < -0.3 is 19.3 Å². The second kappa shape index (κ2) is 11.4. The number of halogens is 1. The molecule has 38 heavy (non-hydrogen) atoms. The maximum absolute atomic E-state index is 13.8. The zero-order valence-electron chi connectivity index (χ0n) is 21.1. The van der Waals surface area contributed by atoms with Gasteiger partial charge in [-0.1, -0.05) is 29.5 Å². The summed E-state index contributed by atoms with van der Waals surface area (Å²) in [5.41, 5.74) is 1.82. The van der Waals surface area contributed by atoms with Crippen molar-refractivity contribution in [2.24, 2.45) is 4.99 Å². The van der Waals surface area contributed by atoms with Crippen LogP contribution in [0.4, 0.5) is 0 Å². The van der Waals surface area contributed by atoms with Crippen molar-refractivity contribution in [2.75, 3.05) is 13.7 Å². The number of ether oxygens (including phenoxy) is 3. The van der Waals surface area contributed by atoms with Crippen molar-refractivity contribution in [3.05, 3.63) is 89.0 Å². The topological polar surface area (TPSA) is 116 Å². The summed E-state index contributed by atoms with van der Waals surface area (Å²) >= 11 is 4.59. The SMILES string of the molecule is COc1cccc([C@H]2C(C(=O)OC(C)C)=C(C)N=c3s/c(=C\c4ccc(OCC(=O)O)c(Br)c4)c(=O)n32)c1. The fraction of sp³-hybridized carbons (Fsp3) is 0.259. The lowest BCUT2D eigenvalue weighted by Crippen LogP contribution is -2.40. The van der Waals surface area contributed by atoms with E-state index in [2.05, 4.69) is 20.9 Å². The van der Waals surface area contributed by atoms with Crippen LogP contribution in [0.1, 0.15) is 37.9 Å². The van der Waals surface area contributed by atoms with Crippen LogP contribution in [-0.4, -0.2) is 41.4 Å².